The van der Waals surface area contributed by atoms with Gasteiger partial charge in [0.1, 0.15) is 5.75 Å². The molecule has 1 aromatic carbocycles. The molecule has 6 heteroatoms. The van der Waals surface area contributed by atoms with Gasteiger partial charge in [-0.15, -0.1) is 0 Å². The SMILES string of the molecule is CCOc1ccc(C2(CNC(=NC)N3CCC4(CCOC4)C3)CCOCC2)cc1. The molecule has 3 aliphatic rings. The summed E-state index contributed by atoms with van der Waals surface area (Å²) in [6.45, 7) is 9.09. The second-order valence-electron chi connectivity index (χ2n) is 8.73. The maximum atomic E-state index is 5.70. The van der Waals surface area contributed by atoms with E-state index in [1.165, 1.54) is 18.4 Å². The van der Waals surface area contributed by atoms with Gasteiger partial charge in [-0.1, -0.05) is 12.1 Å². The molecule has 3 saturated heterocycles. The summed E-state index contributed by atoms with van der Waals surface area (Å²) in [5.74, 6) is 1.95. The van der Waals surface area contributed by atoms with Crippen molar-refractivity contribution in [3.63, 3.8) is 0 Å². The molecule has 6 nitrogen and oxygen atoms in total. The van der Waals surface area contributed by atoms with E-state index in [0.29, 0.717) is 12.0 Å². The van der Waals surface area contributed by atoms with Crippen molar-refractivity contribution in [1.29, 1.82) is 0 Å². The molecule has 3 aliphatic heterocycles. The highest BCUT2D eigenvalue weighted by Gasteiger charge is 2.42. The van der Waals surface area contributed by atoms with E-state index in [1.54, 1.807) is 0 Å². The first kappa shape index (κ1) is 20.5. The highest BCUT2D eigenvalue weighted by Crippen LogP contribution is 2.39. The van der Waals surface area contributed by atoms with Crippen molar-refractivity contribution in [2.24, 2.45) is 10.4 Å². The zero-order valence-electron chi connectivity index (χ0n) is 17.9. The fourth-order valence-corrected chi connectivity index (χ4v) is 5.07. The van der Waals surface area contributed by atoms with E-state index in [9.17, 15) is 0 Å². The molecule has 3 heterocycles. The highest BCUT2D eigenvalue weighted by molar-refractivity contribution is 5.80. The summed E-state index contributed by atoms with van der Waals surface area (Å²) in [6.07, 6.45) is 4.41. The second kappa shape index (κ2) is 8.92. The van der Waals surface area contributed by atoms with Crippen molar-refractivity contribution in [3.8, 4) is 5.75 Å². The minimum Gasteiger partial charge on any atom is -0.494 e. The summed E-state index contributed by atoms with van der Waals surface area (Å²) in [4.78, 5) is 7.03. The van der Waals surface area contributed by atoms with Crippen LogP contribution in [0, 0.1) is 5.41 Å². The van der Waals surface area contributed by atoms with E-state index in [2.05, 4.69) is 39.5 Å². The van der Waals surface area contributed by atoms with Gasteiger partial charge in [0.2, 0.25) is 0 Å². The van der Waals surface area contributed by atoms with E-state index >= 15 is 0 Å². The molecular weight excluding hydrogens is 366 g/mol. The molecule has 160 valence electrons. The minimum absolute atomic E-state index is 0.0623. The molecule has 1 aromatic rings. The van der Waals surface area contributed by atoms with Crippen molar-refractivity contribution in [2.75, 3.05) is 59.7 Å². The zero-order valence-corrected chi connectivity index (χ0v) is 17.9. The van der Waals surface area contributed by atoms with Gasteiger partial charge in [-0.25, -0.2) is 0 Å². The third kappa shape index (κ3) is 4.38. The maximum absolute atomic E-state index is 5.70. The molecule has 0 bridgehead atoms. The van der Waals surface area contributed by atoms with Crippen LogP contribution >= 0.6 is 0 Å². The standard InChI is InChI=1S/C23H35N3O3/c1-3-29-20-6-4-19(5-7-20)23(10-14-27-15-11-23)16-25-21(24-2)26-12-8-22(17-26)9-13-28-18-22/h4-7H,3,8-18H2,1-2H3,(H,24,25). The second-order valence-corrected chi connectivity index (χ2v) is 8.73. The van der Waals surface area contributed by atoms with Gasteiger partial charge in [0.05, 0.1) is 13.2 Å². The van der Waals surface area contributed by atoms with Crippen LogP contribution in [0.2, 0.25) is 0 Å². The average Bonchev–Trinajstić information content (AvgIpc) is 3.40. The van der Waals surface area contributed by atoms with Gasteiger partial charge in [0, 0.05) is 57.3 Å². The zero-order chi connectivity index (χ0) is 20.2. The molecule has 3 fully saturated rings. The van der Waals surface area contributed by atoms with Gasteiger partial charge >= 0.3 is 0 Å². The number of ether oxygens (including phenoxy) is 3. The van der Waals surface area contributed by atoms with E-state index < -0.39 is 0 Å². The number of nitrogens with zero attached hydrogens (tertiary/aromatic N) is 2. The van der Waals surface area contributed by atoms with Crippen LogP contribution in [0.4, 0.5) is 0 Å². The predicted molar refractivity (Wildman–Crippen MR) is 115 cm³/mol. The van der Waals surface area contributed by atoms with Crippen LogP contribution in [0.15, 0.2) is 29.3 Å². The highest BCUT2D eigenvalue weighted by atomic mass is 16.5. The van der Waals surface area contributed by atoms with E-state index in [1.807, 2.05) is 14.0 Å². The summed E-state index contributed by atoms with van der Waals surface area (Å²) in [7, 11) is 1.89. The Morgan fingerprint density at radius 1 is 1.10 bits per heavy atom. The number of guanidine groups is 1. The molecule has 1 atom stereocenters. The van der Waals surface area contributed by atoms with E-state index in [-0.39, 0.29) is 5.41 Å². The van der Waals surface area contributed by atoms with Crippen molar-refractivity contribution in [2.45, 2.75) is 38.0 Å². The van der Waals surface area contributed by atoms with Crippen molar-refractivity contribution in [3.05, 3.63) is 29.8 Å². The summed E-state index contributed by atoms with van der Waals surface area (Å²) in [5.41, 5.74) is 1.75. The lowest BCUT2D eigenvalue weighted by Crippen LogP contribution is -2.49. The Balaban J connectivity index is 1.45. The average molecular weight is 402 g/mol. The summed E-state index contributed by atoms with van der Waals surface area (Å²) >= 11 is 0. The summed E-state index contributed by atoms with van der Waals surface area (Å²) < 4.78 is 17.0. The molecule has 0 aliphatic carbocycles. The molecule has 4 rings (SSSR count). The third-order valence-electron chi connectivity index (χ3n) is 6.95. The van der Waals surface area contributed by atoms with Gasteiger partial charge < -0.3 is 24.4 Å². The van der Waals surface area contributed by atoms with Gasteiger partial charge in [-0.3, -0.25) is 4.99 Å². The van der Waals surface area contributed by atoms with Crippen LogP contribution in [0.1, 0.15) is 38.2 Å². The lowest BCUT2D eigenvalue weighted by atomic mass is 9.74. The Kier molecular flexibility index (Phi) is 6.30. The van der Waals surface area contributed by atoms with Crippen molar-refractivity contribution < 1.29 is 14.2 Å². The number of likely N-dealkylation sites (tertiary alicyclic amines) is 1. The van der Waals surface area contributed by atoms with Gasteiger partial charge in [0.25, 0.3) is 0 Å². The normalized spacial score (nSPS) is 26.8. The van der Waals surface area contributed by atoms with Crippen molar-refractivity contribution in [1.82, 2.24) is 10.2 Å². The summed E-state index contributed by atoms with van der Waals surface area (Å²) in [5, 5.41) is 3.71. The Labute approximate surface area is 174 Å². The molecular formula is C23H35N3O3. The quantitative estimate of drug-likeness (QED) is 0.607. The van der Waals surface area contributed by atoms with E-state index in [4.69, 9.17) is 14.2 Å². The van der Waals surface area contributed by atoms with Crippen LogP contribution in [0.25, 0.3) is 0 Å². The van der Waals surface area contributed by atoms with Gasteiger partial charge in [0.15, 0.2) is 5.96 Å². The molecule has 1 unspecified atom stereocenters. The van der Waals surface area contributed by atoms with Crippen LogP contribution in [-0.4, -0.2) is 70.6 Å². The lowest BCUT2D eigenvalue weighted by Gasteiger charge is -2.39. The third-order valence-corrected chi connectivity index (χ3v) is 6.95. The minimum atomic E-state index is 0.0623. The molecule has 0 radical (unpaired) electrons. The van der Waals surface area contributed by atoms with Gasteiger partial charge in [-0.05, 0) is 50.3 Å². The predicted octanol–water partition coefficient (Wildman–Crippen LogP) is 2.82. The van der Waals surface area contributed by atoms with Gasteiger partial charge in [-0.2, -0.15) is 0 Å². The maximum Gasteiger partial charge on any atom is 0.193 e. The fourth-order valence-electron chi connectivity index (χ4n) is 5.07. The van der Waals surface area contributed by atoms with Crippen LogP contribution in [0.5, 0.6) is 5.75 Å². The Morgan fingerprint density at radius 2 is 1.86 bits per heavy atom. The molecule has 1 spiro atoms. The molecule has 0 amide bonds. The first-order valence-electron chi connectivity index (χ1n) is 11.0. The number of benzene rings is 1. The first-order chi connectivity index (χ1) is 14.2. The monoisotopic (exact) mass is 401 g/mol. The molecule has 0 aromatic heterocycles. The number of hydrogen-bond donors (Lipinski definition) is 1. The lowest BCUT2D eigenvalue weighted by molar-refractivity contribution is 0.0511. The Morgan fingerprint density at radius 3 is 2.52 bits per heavy atom. The van der Waals surface area contributed by atoms with E-state index in [0.717, 1.165) is 70.6 Å². The smallest absolute Gasteiger partial charge is 0.193 e. The van der Waals surface area contributed by atoms with Crippen LogP contribution in [-0.2, 0) is 14.9 Å². The number of hydrogen-bond acceptors (Lipinski definition) is 4. The first-order valence-corrected chi connectivity index (χ1v) is 11.0. The summed E-state index contributed by atoms with van der Waals surface area (Å²) in [6, 6.07) is 8.63. The fraction of sp³-hybridized carbons (Fsp3) is 0.696. The largest absolute Gasteiger partial charge is 0.494 e. The van der Waals surface area contributed by atoms with Crippen LogP contribution in [0.3, 0.4) is 0 Å². The molecule has 29 heavy (non-hydrogen) atoms. The topological polar surface area (TPSA) is 55.3 Å². The number of aliphatic imine (C=N–C) groups is 1. The number of nitrogens with one attached hydrogen (secondary N) is 1. The molecule has 1 N–H and O–H groups in total. The Bertz CT molecular complexity index is 692. The molecule has 0 saturated carbocycles. The number of rotatable bonds is 5. The van der Waals surface area contributed by atoms with Crippen LogP contribution < -0.4 is 10.1 Å². The van der Waals surface area contributed by atoms with Crippen molar-refractivity contribution >= 4 is 5.96 Å². The Hall–Kier alpha value is -1.79.